The maximum absolute atomic E-state index is 10.8. The summed E-state index contributed by atoms with van der Waals surface area (Å²) in [6.45, 7) is 0. The van der Waals surface area contributed by atoms with Crippen molar-refractivity contribution in [1.82, 2.24) is 0 Å². The number of halogens is 1. The molecule has 72 valence electrons. The Kier molecular flexibility index (Phi) is 3.01. The molecule has 0 aliphatic rings. The van der Waals surface area contributed by atoms with Crippen molar-refractivity contribution < 1.29 is 17.7 Å². The molecule has 13 heavy (non-hydrogen) atoms. The third kappa shape index (κ3) is 3.03. The fourth-order valence-corrected chi connectivity index (χ4v) is 1.95. The third-order valence-electron chi connectivity index (χ3n) is 1.18. The number of phenols is 1. The van der Waals surface area contributed by atoms with E-state index in [-0.39, 0.29) is 11.5 Å². The zero-order valence-electron chi connectivity index (χ0n) is 6.69. The normalized spacial score (nSPS) is 11.2. The van der Waals surface area contributed by atoms with Crippen LogP contribution in [0.4, 0.5) is 0 Å². The minimum Gasteiger partial charge on any atom is -0.504 e. The minimum absolute atomic E-state index is 0.0226. The smallest absolute Gasteiger partial charge is 0.306 e. The van der Waals surface area contributed by atoms with Gasteiger partial charge in [-0.2, -0.15) is 8.42 Å². The van der Waals surface area contributed by atoms with E-state index in [9.17, 15) is 13.5 Å². The zero-order valence-corrected chi connectivity index (χ0v) is 9.66. The van der Waals surface area contributed by atoms with Gasteiger partial charge in [-0.1, -0.05) is 6.07 Å². The van der Waals surface area contributed by atoms with Crippen LogP contribution in [0.5, 0.6) is 11.5 Å². The van der Waals surface area contributed by atoms with E-state index in [0.717, 1.165) is 6.26 Å². The number of hydrogen-bond donors (Lipinski definition) is 1. The monoisotopic (exact) mass is 314 g/mol. The fourth-order valence-electron chi connectivity index (χ4n) is 0.731. The summed E-state index contributed by atoms with van der Waals surface area (Å²) in [5.74, 6) is -0.206. The van der Waals surface area contributed by atoms with Crippen molar-refractivity contribution in [2.75, 3.05) is 6.26 Å². The maximum Gasteiger partial charge on any atom is 0.306 e. The Labute approximate surface area is 89.8 Å². The lowest BCUT2D eigenvalue weighted by Gasteiger charge is -2.06. The standard InChI is InChI=1S/C7H7IO4S/c1-13(10,11)12-7-5(8)3-2-4-6(7)9/h2-4,9H,1H3. The van der Waals surface area contributed by atoms with Crippen molar-refractivity contribution >= 4 is 32.7 Å². The highest BCUT2D eigenvalue weighted by Crippen LogP contribution is 2.31. The van der Waals surface area contributed by atoms with E-state index in [1.54, 1.807) is 12.1 Å². The van der Waals surface area contributed by atoms with E-state index in [1.165, 1.54) is 6.07 Å². The number of phenolic OH excluding ortho intramolecular Hbond substituents is 1. The van der Waals surface area contributed by atoms with Crippen molar-refractivity contribution in [1.29, 1.82) is 0 Å². The topological polar surface area (TPSA) is 63.6 Å². The molecule has 1 aromatic rings. The van der Waals surface area contributed by atoms with Crippen LogP contribution in [0, 0.1) is 3.57 Å². The first-order chi connectivity index (χ1) is 5.90. The van der Waals surface area contributed by atoms with Gasteiger partial charge < -0.3 is 9.29 Å². The van der Waals surface area contributed by atoms with E-state index in [4.69, 9.17) is 0 Å². The van der Waals surface area contributed by atoms with Gasteiger partial charge in [-0.15, -0.1) is 0 Å². The minimum atomic E-state index is -3.59. The van der Waals surface area contributed by atoms with Crippen LogP contribution in [0.15, 0.2) is 18.2 Å². The average molecular weight is 314 g/mol. The summed E-state index contributed by atoms with van der Waals surface area (Å²) in [6, 6.07) is 4.61. The summed E-state index contributed by atoms with van der Waals surface area (Å²) in [7, 11) is -3.59. The Bertz CT molecular complexity index is 392. The predicted molar refractivity (Wildman–Crippen MR) is 56.3 cm³/mol. The molecule has 4 nitrogen and oxygen atoms in total. The van der Waals surface area contributed by atoms with Gasteiger partial charge in [0.1, 0.15) is 0 Å². The summed E-state index contributed by atoms with van der Waals surface area (Å²) < 4.78 is 26.7. The van der Waals surface area contributed by atoms with Crippen LogP contribution < -0.4 is 4.18 Å². The van der Waals surface area contributed by atoms with Gasteiger partial charge in [-0.3, -0.25) is 0 Å². The van der Waals surface area contributed by atoms with Crippen LogP contribution in [-0.2, 0) is 10.1 Å². The predicted octanol–water partition coefficient (Wildman–Crippen LogP) is 1.34. The first kappa shape index (κ1) is 10.6. The molecule has 0 bridgehead atoms. The number of para-hydroxylation sites is 1. The molecule has 6 heteroatoms. The average Bonchev–Trinajstić information content (AvgIpc) is 1.95. The van der Waals surface area contributed by atoms with Crippen molar-refractivity contribution in [3.05, 3.63) is 21.8 Å². The zero-order chi connectivity index (χ0) is 10.1. The molecule has 0 aliphatic carbocycles. The summed E-state index contributed by atoms with van der Waals surface area (Å²) in [4.78, 5) is 0. The van der Waals surface area contributed by atoms with Gasteiger partial charge in [-0.25, -0.2) is 0 Å². The largest absolute Gasteiger partial charge is 0.504 e. The second kappa shape index (κ2) is 3.70. The molecule has 0 atom stereocenters. The molecule has 0 amide bonds. The molecule has 0 spiro atoms. The quantitative estimate of drug-likeness (QED) is 0.661. The Morgan fingerprint density at radius 3 is 2.54 bits per heavy atom. The van der Waals surface area contributed by atoms with Crippen molar-refractivity contribution in [3.63, 3.8) is 0 Å². The SMILES string of the molecule is CS(=O)(=O)Oc1c(O)cccc1I. The molecule has 0 unspecified atom stereocenters. The second-order valence-corrected chi connectivity index (χ2v) is 5.11. The molecule has 1 aromatic carbocycles. The van der Waals surface area contributed by atoms with E-state index >= 15 is 0 Å². The number of benzene rings is 1. The number of hydrogen-bond acceptors (Lipinski definition) is 4. The molecule has 1 rings (SSSR count). The lowest BCUT2D eigenvalue weighted by Crippen LogP contribution is -2.06. The molecule has 0 fully saturated rings. The number of rotatable bonds is 2. The van der Waals surface area contributed by atoms with Crippen molar-refractivity contribution in [3.8, 4) is 11.5 Å². The van der Waals surface area contributed by atoms with E-state index < -0.39 is 10.1 Å². The molecule has 1 N–H and O–H groups in total. The Morgan fingerprint density at radius 2 is 2.08 bits per heavy atom. The van der Waals surface area contributed by atoms with Crippen molar-refractivity contribution in [2.24, 2.45) is 0 Å². The molecule has 0 heterocycles. The molecule has 0 radical (unpaired) electrons. The van der Waals surface area contributed by atoms with Gasteiger partial charge in [0.2, 0.25) is 0 Å². The molecule has 0 aliphatic heterocycles. The van der Waals surface area contributed by atoms with E-state index in [2.05, 4.69) is 4.18 Å². The summed E-state index contributed by atoms with van der Waals surface area (Å²) in [5.41, 5.74) is 0. The van der Waals surface area contributed by atoms with Gasteiger partial charge in [0, 0.05) is 0 Å². The highest BCUT2D eigenvalue weighted by atomic mass is 127. The Balaban J connectivity index is 3.15. The van der Waals surface area contributed by atoms with Crippen LogP contribution in [0.25, 0.3) is 0 Å². The molecule has 0 saturated carbocycles. The van der Waals surface area contributed by atoms with Crippen LogP contribution in [0.2, 0.25) is 0 Å². The van der Waals surface area contributed by atoms with Gasteiger partial charge >= 0.3 is 10.1 Å². The summed E-state index contributed by atoms with van der Waals surface area (Å²) >= 11 is 1.88. The van der Waals surface area contributed by atoms with Crippen molar-refractivity contribution in [2.45, 2.75) is 0 Å². The molecule has 0 saturated heterocycles. The lowest BCUT2D eigenvalue weighted by molar-refractivity contribution is 0.429. The molecule has 0 aromatic heterocycles. The Hall–Kier alpha value is -0.500. The Morgan fingerprint density at radius 1 is 1.46 bits per heavy atom. The van der Waals surface area contributed by atoms with E-state index in [1.807, 2.05) is 22.6 Å². The highest BCUT2D eigenvalue weighted by Gasteiger charge is 2.12. The molecular weight excluding hydrogens is 307 g/mol. The fraction of sp³-hybridized carbons (Fsp3) is 0.143. The van der Waals surface area contributed by atoms with Crippen LogP contribution in [0.3, 0.4) is 0 Å². The number of aromatic hydroxyl groups is 1. The molecular formula is C7H7IO4S. The summed E-state index contributed by atoms with van der Waals surface area (Å²) in [5, 5.41) is 9.26. The third-order valence-corrected chi connectivity index (χ3v) is 2.50. The van der Waals surface area contributed by atoms with E-state index in [0.29, 0.717) is 3.57 Å². The maximum atomic E-state index is 10.8. The van der Waals surface area contributed by atoms with Crippen LogP contribution >= 0.6 is 22.6 Å². The van der Waals surface area contributed by atoms with Gasteiger partial charge in [-0.05, 0) is 34.7 Å². The lowest BCUT2D eigenvalue weighted by atomic mass is 10.3. The van der Waals surface area contributed by atoms with Gasteiger partial charge in [0.25, 0.3) is 0 Å². The van der Waals surface area contributed by atoms with Crippen LogP contribution in [-0.4, -0.2) is 19.8 Å². The summed E-state index contributed by atoms with van der Waals surface area (Å²) in [6.07, 6.45) is 0.926. The first-order valence-corrected chi connectivity index (χ1v) is 6.16. The highest BCUT2D eigenvalue weighted by molar-refractivity contribution is 14.1. The van der Waals surface area contributed by atoms with Gasteiger partial charge in [0.15, 0.2) is 11.5 Å². The first-order valence-electron chi connectivity index (χ1n) is 3.27. The van der Waals surface area contributed by atoms with Crippen LogP contribution in [0.1, 0.15) is 0 Å². The van der Waals surface area contributed by atoms with Gasteiger partial charge in [0.05, 0.1) is 9.83 Å². The second-order valence-electron chi connectivity index (χ2n) is 2.38.